The Kier molecular flexibility index (Phi) is 15.3. The number of para-hydroxylation sites is 1. The largest absolute Gasteiger partial charge is 0.310 e. The van der Waals surface area contributed by atoms with Crippen LogP contribution in [0.15, 0.2) is 352 Å². The molecular weight excluding hydrogens is 1250 g/mol. The fourth-order valence-electron chi connectivity index (χ4n) is 17.8. The minimum Gasteiger partial charge on any atom is -0.310 e. The van der Waals surface area contributed by atoms with E-state index >= 15 is 0 Å². The van der Waals surface area contributed by atoms with Crippen molar-refractivity contribution >= 4 is 34.1 Å². The van der Waals surface area contributed by atoms with Gasteiger partial charge in [0.1, 0.15) is 0 Å². The Balaban J connectivity index is 0.000000149. The van der Waals surface area contributed by atoms with Crippen molar-refractivity contribution in [3.05, 3.63) is 396 Å². The Labute approximate surface area is 613 Å². The van der Waals surface area contributed by atoms with Crippen LogP contribution >= 0.6 is 0 Å². The molecule has 15 aromatic rings. The highest BCUT2D eigenvalue weighted by Crippen LogP contribution is 2.55. The highest BCUT2D eigenvalue weighted by atomic mass is 15.1. The van der Waals surface area contributed by atoms with E-state index in [0.717, 1.165) is 34.1 Å². The monoisotopic (exact) mass is 1330 g/mol. The normalized spacial score (nSPS) is 14.3. The van der Waals surface area contributed by atoms with E-state index in [1.165, 1.54) is 145 Å². The maximum atomic E-state index is 2.40. The van der Waals surface area contributed by atoms with Crippen molar-refractivity contribution in [3.63, 3.8) is 0 Å². The second kappa shape index (κ2) is 24.9. The van der Waals surface area contributed by atoms with Crippen LogP contribution in [0.2, 0.25) is 0 Å². The SMILES string of the molecule is CC1(C)c2ccccc2-c2cc(-c3cccc(N(c4ccc(-c5ccccc5)cc4)c4cccc(-c5ccc6c(c5)-c5ccccc5C6(C)C)c4)c3)ccc21.CC1(C)c2ccccc2-c2cc(-c3cccc(N(c4ccccc4)c4cccc(-c5ccc6c(c5)-c5ccccc5C6(C)C)c4)c3)ccc21. The molecule has 0 aromatic heterocycles. The van der Waals surface area contributed by atoms with Gasteiger partial charge in [-0.2, -0.15) is 0 Å². The van der Waals surface area contributed by atoms with Gasteiger partial charge in [-0.25, -0.2) is 0 Å². The first-order valence-corrected chi connectivity index (χ1v) is 36.8. The summed E-state index contributed by atoms with van der Waals surface area (Å²) in [4.78, 5) is 4.78. The fraction of sp³-hybridized carbons (Fsp3) is 0.118. The summed E-state index contributed by atoms with van der Waals surface area (Å²) in [5.41, 5.74) is 40.8. The molecule has 15 aromatic carbocycles. The van der Waals surface area contributed by atoms with Crippen LogP contribution in [0, 0.1) is 0 Å². The Morgan fingerprint density at radius 3 is 0.644 bits per heavy atom. The smallest absolute Gasteiger partial charge is 0.0467 e. The van der Waals surface area contributed by atoms with Gasteiger partial charge in [-0.15, -0.1) is 0 Å². The van der Waals surface area contributed by atoms with Gasteiger partial charge in [0.2, 0.25) is 0 Å². The van der Waals surface area contributed by atoms with E-state index in [1.54, 1.807) is 0 Å². The van der Waals surface area contributed by atoms with Gasteiger partial charge in [-0.1, -0.05) is 310 Å². The van der Waals surface area contributed by atoms with Gasteiger partial charge in [0, 0.05) is 55.8 Å². The first-order valence-electron chi connectivity index (χ1n) is 36.8. The minimum absolute atomic E-state index is 0.000147. The quantitative estimate of drug-likeness (QED) is 0.127. The zero-order valence-corrected chi connectivity index (χ0v) is 60.4. The summed E-state index contributed by atoms with van der Waals surface area (Å²) in [6.45, 7) is 18.7. The summed E-state index contributed by atoms with van der Waals surface area (Å²) in [5.74, 6) is 0. The summed E-state index contributed by atoms with van der Waals surface area (Å²) in [5, 5.41) is 0. The number of hydrogen-bond donors (Lipinski definition) is 0. The first-order chi connectivity index (χ1) is 50.6. The third kappa shape index (κ3) is 10.7. The number of nitrogens with zero attached hydrogens (tertiary/aromatic N) is 2. The number of benzene rings is 15. The van der Waals surface area contributed by atoms with E-state index < -0.39 is 0 Å². The van der Waals surface area contributed by atoms with Crippen molar-refractivity contribution in [1.82, 2.24) is 0 Å². The second-order valence-corrected chi connectivity index (χ2v) is 30.8. The van der Waals surface area contributed by atoms with Gasteiger partial charge >= 0.3 is 0 Å². The molecule has 0 saturated carbocycles. The van der Waals surface area contributed by atoms with Gasteiger partial charge in [-0.3, -0.25) is 0 Å². The van der Waals surface area contributed by atoms with Gasteiger partial charge in [0.15, 0.2) is 0 Å². The van der Waals surface area contributed by atoms with Crippen LogP contribution < -0.4 is 9.80 Å². The minimum atomic E-state index is -0.0154. The fourth-order valence-corrected chi connectivity index (χ4v) is 17.8. The molecule has 0 N–H and O–H groups in total. The van der Waals surface area contributed by atoms with Crippen LogP contribution in [0.4, 0.5) is 34.1 Å². The zero-order chi connectivity index (χ0) is 70.6. The van der Waals surface area contributed by atoms with Gasteiger partial charge in [0.25, 0.3) is 0 Å². The summed E-state index contributed by atoms with van der Waals surface area (Å²) in [7, 11) is 0. The molecule has 0 fully saturated rings. The van der Waals surface area contributed by atoms with Gasteiger partial charge in [-0.05, 0) is 242 Å². The predicted octanol–water partition coefficient (Wildman–Crippen LogP) is 27.9. The molecular formula is C102H82N2. The number of hydrogen-bond acceptors (Lipinski definition) is 2. The molecule has 500 valence electrons. The lowest BCUT2D eigenvalue weighted by molar-refractivity contribution is 0.660. The van der Waals surface area contributed by atoms with Crippen molar-refractivity contribution in [1.29, 1.82) is 0 Å². The highest BCUT2D eigenvalue weighted by Gasteiger charge is 2.39. The van der Waals surface area contributed by atoms with Crippen LogP contribution in [0.1, 0.15) is 99.9 Å². The molecule has 4 aliphatic carbocycles. The van der Waals surface area contributed by atoms with Crippen molar-refractivity contribution in [2.75, 3.05) is 9.80 Å². The van der Waals surface area contributed by atoms with Crippen molar-refractivity contribution in [2.24, 2.45) is 0 Å². The van der Waals surface area contributed by atoms with Crippen molar-refractivity contribution in [2.45, 2.75) is 77.0 Å². The lowest BCUT2D eigenvalue weighted by atomic mass is 9.82. The molecule has 2 nitrogen and oxygen atoms in total. The molecule has 0 radical (unpaired) electrons. The highest BCUT2D eigenvalue weighted by molar-refractivity contribution is 5.92. The Bertz CT molecular complexity index is 5570. The molecule has 2 heteroatoms. The topological polar surface area (TPSA) is 6.48 Å². The van der Waals surface area contributed by atoms with Crippen LogP contribution in [0.3, 0.4) is 0 Å². The molecule has 0 bridgehead atoms. The molecule has 0 heterocycles. The van der Waals surface area contributed by atoms with Crippen molar-refractivity contribution < 1.29 is 0 Å². The van der Waals surface area contributed by atoms with Crippen LogP contribution in [-0.2, 0) is 21.7 Å². The number of rotatable bonds is 11. The molecule has 0 unspecified atom stereocenters. The summed E-state index contributed by atoms with van der Waals surface area (Å²) in [6, 6.07) is 130. The van der Waals surface area contributed by atoms with Gasteiger partial charge in [0.05, 0.1) is 0 Å². The Hall–Kier alpha value is -12.1. The van der Waals surface area contributed by atoms with Crippen LogP contribution in [-0.4, -0.2) is 0 Å². The molecule has 0 atom stereocenters. The predicted molar refractivity (Wildman–Crippen MR) is 440 cm³/mol. The number of fused-ring (bicyclic) bond motifs is 12. The van der Waals surface area contributed by atoms with E-state index in [2.05, 4.69) is 417 Å². The molecule has 0 spiro atoms. The van der Waals surface area contributed by atoms with E-state index in [4.69, 9.17) is 0 Å². The molecule has 0 saturated heterocycles. The van der Waals surface area contributed by atoms with E-state index in [9.17, 15) is 0 Å². The third-order valence-electron chi connectivity index (χ3n) is 23.3. The molecule has 0 aliphatic heterocycles. The molecule has 4 aliphatic rings. The van der Waals surface area contributed by atoms with E-state index in [-0.39, 0.29) is 21.7 Å². The second-order valence-electron chi connectivity index (χ2n) is 30.8. The molecule has 19 rings (SSSR count). The number of anilines is 6. The lowest BCUT2D eigenvalue weighted by Gasteiger charge is -2.27. The average Bonchev–Trinajstić information content (AvgIpc) is 1.59. The Morgan fingerprint density at radius 1 is 0.144 bits per heavy atom. The summed E-state index contributed by atoms with van der Waals surface area (Å²) < 4.78 is 0. The lowest BCUT2D eigenvalue weighted by Crippen LogP contribution is -2.14. The summed E-state index contributed by atoms with van der Waals surface area (Å²) in [6.07, 6.45) is 0. The molecule has 0 amide bonds. The van der Waals surface area contributed by atoms with E-state index in [0.29, 0.717) is 0 Å². The standard InChI is InChI=1S/C54H43N.C48H39N/c1-53(2)49-22-10-8-20-45(49)47-34-40(26-30-51(47)53)38-16-12-18-43(32-38)55(42-28-24-37(25-29-42)36-14-6-5-7-15-36)44-19-13-17-39(33-44)41-27-31-52-48(35-41)46-21-9-11-23-50(46)54(52,3)4;1-47(2)43-22-10-8-20-39(43)41-30-34(24-26-45(41)47)32-14-12-18-37(28-32)49(36-16-6-5-7-17-36)38-19-13-15-33(29-38)35-25-27-46-42(31-35)40-21-9-11-23-44(40)48(46,3)4/h5-35H,1-4H3;5-31H,1-4H3. The van der Waals surface area contributed by atoms with Crippen molar-refractivity contribution in [3.8, 4) is 100 Å². The maximum absolute atomic E-state index is 2.40. The maximum Gasteiger partial charge on any atom is 0.0467 e. The van der Waals surface area contributed by atoms with E-state index in [1.807, 2.05) is 0 Å². The Morgan fingerprint density at radius 2 is 0.346 bits per heavy atom. The molecule has 104 heavy (non-hydrogen) atoms. The van der Waals surface area contributed by atoms with Crippen LogP contribution in [0.5, 0.6) is 0 Å². The van der Waals surface area contributed by atoms with Crippen LogP contribution in [0.25, 0.3) is 100 Å². The van der Waals surface area contributed by atoms with Gasteiger partial charge < -0.3 is 9.80 Å². The summed E-state index contributed by atoms with van der Waals surface area (Å²) >= 11 is 0. The third-order valence-corrected chi connectivity index (χ3v) is 23.3. The average molecular weight is 1340 g/mol. The zero-order valence-electron chi connectivity index (χ0n) is 60.4. The first kappa shape index (κ1) is 64.0.